The third kappa shape index (κ3) is 4.51. The van der Waals surface area contributed by atoms with Gasteiger partial charge in [-0.2, -0.15) is 9.97 Å². The van der Waals surface area contributed by atoms with Crippen LogP contribution in [0.5, 0.6) is 0 Å². The molecule has 0 saturated heterocycles. The first-order valence-electron chi connectivity index (χ1n) is 13.7. The second-order valence-corrected chi connectivity index (χ2v) is 11.7. The molecule has 6 aromatic carbocycles. The lowest BCUT2D eigenvalue weighted by Gasteiger charge is -2.09. The van der Waals surface area contributed by atoms with E-state index in [1.54, 1.807) is 11.3 Å². The van der Waals surface area contributed by atoms with E-state index in [1.807, 2.05) is 18.2 Å². The number of aromatic nitrogens is 3. The van der Waals surface area contributed by atoms with E-state index in [0.29, 0.717) is 11.6 Å². The van der Waals surface area contributed by atoms with Gasteiger partial charge in [-0.05, 0) is 75.0 Å². The number of hydrogen-bond donors (Lipinski definition) is 0. The fraction of sp³-hybridized carbons (Fsp3) is 0. The van der Waals surface area contributed by atoms with Gasteiger partial charge in [-0.25, -0.2) is 4.98 Å². The van der Waals surface area contributed by atoms with Crippen molar-refractivity contribution in [3.63, 3.8) is 0 Å². The lowest BCUT2D eigenvalue weighted by Crippen LogP contribution is -1.97. The third-order valence-electron chi connectivity index (χ3n) is 7.65. The van der Waals surface area contributed by atoms with Crippen molar-refractivity contribution in [2.75, 3.05) is 0 Å². The first-order valence-corrected chi connectivity index (χ1v) is 14.9. The molecule has 198 valence electrons. The van der Waals surface area contributed by atoms with E-state index in [1.165, 1.54) is 42.1 Å². The number of nitrogens with zero attached hydrogens (tertiary/aromatic N) is 3. The Morgan fingerprint density at radius 3 is 1.76 bits per heavy atom. The topological polar surface area (TPSA) is 38.7 Å². The Kier molecular flexibility index (Phi) is 6.03. The normalized spacial score (nSPS) is 11.5. The largest absolute Gasteiger partial charge is 0.226 e. The number of thiophene rings is 1. The highest BCUT2D eigenvalue weighted by molar-refractivity contribution is 7.25. The maximum absolute atomic E-state index is 6.45. The molecule has 0 fully saturated rings. The zero-order chi connectivity index (χ0) is 28.0. The summed E-state index contributed by atoms with van der Waals surface area (Å²) in [6, 6.07) is 46.8. The second-order valence-electron chi connectivity index (χ2n) is 10.3. The first-order chi connectivity index (χ1) is 20.7. The Hall–Kier alpha value is -4.90. The number of rotatable bonds is 4. The van der Waals surface area contributed by atoms with Gasteiger partial charge in [-0.15, -0.1) is 11.3 Å². The summed E-state index contributed by atoms with van der Waals surface area (Å²) >= 11 is 8.22. The van der Waals surface area contributed by atoms with Crippen LogP contribution in [0.15, 0.2) is 133 Å². The molecule has 2 heterocycles. The summed E-state index contributed by atoms with van der Waals surface area (Å²) in [4.78, 5) is 13.8. The Morgan fingerprint density at radius 1 is 0.405 bits per heavy atom. The van der Waals surface area contributed by atoms with Gasteiger partial charge in [0.15, 0.2) is 11.6 Å². The minimum atomic E-state index is 0.178. The number of hydrogen-bond acceptors (Lipinski definition) is 4. The molecule has 2 aromatic heterocycles. The van der Waals surface area contributed by atoms with Crippen LogP contribution in [0.2, 0.25) is 5.28 Å². The number of halogens is 1. The van der Waals surface area contributed by atoms with E-state index in [2.05, 4.69) is 125 Å². The smallest absolute Gasteiger partial charge is 0.208 e. The average Bonchev–Trinajstić information content (AvgIpc) is 3.42. The standard InChI is InChI=1S/C37H22ClN3S/c38-37-40-35(39-36(41-37)30-17-18-32-31-11-4-5-12-33(31)42-34(32)22-30)29-10-6-9-24(21-29)26-15-16-27-19-25(13-14-28(27)20-26)23-7-2-1-3-8-23/h1-22H. The van der Waals surface area contributed by atoms with Crippen molar-refractivity contribution in [2.45, 2.75) is 0 Å². The summed E-state index contributed by atoms with van der Waals surface area (Å²) in [6.07, 6.45) is 0. The minimum absolute atomic E-state index is 0.178. The molecule has 8 aromatic rings. The molecular weight excluding hydrogens is 554 g/mol. The van der Waals surface area contributed by atoms with Crippen LogP contribution < -0.4 is 0 Å². The summed E-state index contributed by atoms with van der Waals surface area (Å²) in [7, 11) is 0. The summed E-state index contributed by atoms with van der Waals surface area (Å²) in [6.45, 7) is 0. The predicted octanol–water partition coefficient (Wildman–Crippen LogP) is 10.7. The van der Waals surface area contributed by atoms with Gasteiger partial charge in [0.1, 0.15) is 0 Å². The molecule has 0 bridgehead atoms. The Morgan fingerprint density at radius 2 is 0.976 bits per heavy atom. The van der Waals surface area contributed by atoms with Crippen LogP contribution in [0.4, 0.5) is 0 Å². The third-order valence-corrected chi connectivity index (χ3v) is 8.95. The molecule has 3 nitrogen and oxygen atoms in total. The highest BCUT2D eigenvalue weighted by atomic mass is 35.5. The van der Waals surface area contributed by atoms with Crippen LogP contribution in [0.1, 0.15) is 0 Å². The average molecular weight is 576 g/mol. The summed E-state index contributed by atoms with van der Waals surface area (Å²) in [5, 5.41) is 5.08. The van der Waals surface area contributed by atoms with Crippen molar-refractivity contribution < 1.29 is 0 Å². The summed E-state index contributed by atoms with van der Waals surface area (Å²) in [5.74, 6) is 1.12. The van der Waals surface area contributed by atoms with E-state index in [0.717, 1.165) is 22.3 Å². The van der Waals surface area contributed by atoms with Gasteiger partial charge in [0.2, 0.25) is 5.28 Å². The Labute approximate surface area is 251 Å². The molecule has 8 rings (SSSR count). The lowest BCUT2D eigenvalue weighted by molar-refractivity contribution is 1.07. The highest BCUT2D eigenvalue weighted by Crippen LogP contribution is 2.36. The Bertz CT molecular complexity index is 2270. The van der Waals surface area contributed by atoms with Gasteiger partial charge < -0.3 is 0 Å². The van der Waals surface area contributed by atoms with E-state index < -0.39 is 0 Å². The van der Waals surface area contributed by atoms with Crippen molar-refractivity contribution >= 4 is 53.9 Å². The molecule has 0 atom stereocenters. The predicted molar refractivity (Wildman–Crippen MR) is 177 cm³/mol. The van der Waals surface area contributed by atoms with Gasteiger partial charge in [-0.3, -0.25) is 0 Å². The van der Waals surface area contributed by atoms with Gasteiger partial charge in [-0.1, -0.05) is 103 Å². The molecule has 0 spiro atoms. The van der Waals surface area contributed by atoms with Crippen LogP contribution in [0.3, 0.4) is 0 Å². The van der Waals surface area contributed by atoms with Crippen LogP contribution in [-0.2, 0) is 0 Å². The fourth-order valence-corrected chi connectivity index (χ4v) is 6.85. The molecule has 0 saturated carbocycles. The maximum Gasteiger partial charge on any atom is 0.226 e. The SMILES string of the molecule is Clc1nc(-c2cccc(-c3ccc4cc(-c5ccccc5)ccc4c3)c2)nc(-c2ccc3c(c2)sc2ccccc23)n1. The van der Waals surface area contributed by atoms with Gasteiger partial charge in [0.25, 0.3) is 0 Å². The van der Waals surface area contributed by atoms with Gasteiger partial charge in [0.05, 0.1) is 0 Å². The molecule has 42 heavy (non-hydrogen) atoms. The van der Waals surface area contributed by atoms with Crippen LogP contribution in [0.25, 0.3) is 76.0 Å². The summed E-state index contributed by atoms with van der Waals surface area (Å²) < 4.78 is 2.46. The van der Waals surface area contributed by atoms with Crippen LogP contribution in [-0.4, -0.2) is 15.0 Å². The van der Waals surface area contributed by atoms with E-state index in [9.17, 15) is 0 Å². The molecular formula is C37H22ClN3S. The number of fused-ring (bicyclic) bond motifs is 4. The zero-order valence-electron chi connectivity index (χ0n) is 22.3. The molecule has 5 heteroatoms. The summed E-state index contributed by atoms with van der Waals surface area (Å²) in [5.41, 5.74) is 6.46. The van der Waals surface area contributed by atoms with Gasteiger partial charge in [0, 0.05) is 31.3 Å². The van der Waals surface area contributed by atoms with Crippen LogP contribution >= 0.6 is 22.9 Å². The van der Waals surface area contributed by atoms with Crippen molar-refractivity contribution in [1.82, 2.24) is 15.0 Å². The number of benzene rings is 6. The van der Waals surface area contributed by atoms with Crippen molar-refractivity contribution in [2.24, 2.45) is 0 Å². The lowest BCUT2D eigenvalue weighted by atomic mass is 9.97. The molecule has 0 N–H and O–H groups in total. The van der Waals surface area contributed by atoms with Crippen molar-refractivity contribution in [3.8, 4) is 45.0 Å². The zero-order valence-corrected chi connectivity index (χ0v) is 23.9. The highest BCUT2D eigenvalue weighted by Gasteiger charge is 2.13. The molecule has 0 aliphatic heterocycles. The molecule has 0 radical (unpaired) electrons. The molecule has 0 amide bonds. The van der Waals surface area contributed by atoms with E-state index >= 15 is 0 Å². The Balaban J connectivity index is 1.15. The van der Waals surface area contributed by atoms with Crippen molar-refractivity contribution in [3.05, 3.63) is 139 Å². The van der Waals surface area contributed by atoms with Crippen molar-refractivity contribution in [1.29, 1.82) is 0 Å². The van der Waals surface area contributed by atoms with E-state index in [-0.39, 0.29) is 5.28 Å². The first kappa shape index (κ1) is 24.9. The van der Waals surface area contributed by atoms with Gasteiger partial charge >= 0.3 is 0 Å². The molecule has 0 aliphatic rings. The molecule has 0 unspecified atom stereocenters. The maximum atomic E-state index is 6.45. The monoisotopic (exact) mass is 575 g/mol. The quantitative estimate of drug-likeness (QED) is 0.209. The van der Waals surface area contributed by atoms with E-state index in [4.69, 9.17) is 16.6 Å². The fourth-order valence-electron chi connectivity index (χ4n) is 5.55. The van der Waals surface area contributed by atoms with Crippen LogP contribution in [0, 0.1) is 0 Å². The second kappa shape index (κ2) is 10.2. The minimum Gasteiger partial charge on any atom is -0.208 e. The molecule has 0 aliphatic carbocycles.